The van der Waals surface area contributed by atoms with Crippen molar-refractivity contribution in [2.75, 3.05) is 45.8 Å². The van der Waals surface area contributed by atoms with E-state index < -0.39 is 0 Å². The first-order chi connectivity index (χ1) is 14.8. The molecule has 0 N–H and O–H groups in total. The van der Waals surface area contributed by atoms with Gasteiger partial charge in [0.15, 0.2) is 12.4 Å². The highest BCUT2D eigenvalue weighted by Gasteiger charge is 2.40. The molecule has 0 aromatic carbocycles. The van der Waals surface area contributed by atoms with Crippen molar-refractivity contribution < 1.29 is 4.79 Å². The van der Waals surface area contributed by atoms with Crippen molar-refractivity contribution in [3.05, 3.63) is 0 Å². The summed E-state index contributed by atoms with van der Waals surface area (Å²) in [6.07, 6.45) is 9.12. The summed E-state index contributed by atoms with van der Waals surface area (Å²) >= 11 is 0. The van der Waals surface area contributed by atoms with Crippen LogP contribution in [0.3, 0.4) is 0 Å². The largest absolute Gasteiger partial charge is 0.340 e. The summed E-state index contributed by atoms with van der Waals surface area (Å²) in [6.45, 7) is 15.4. The Kier molecular flexibility index (Phi) is 8.06. The number of hydrogen-bond donors (Lipinski definition) is 0. The molecule has 4 heterocycles. The zero-order valence-corrected chi connectivity index (χ0v) is 19.8. The summed E-state index contributed by atoms with van der Waals surface area (Å²) in [5.41, 5.74) is 0. The van der Waals surface area contributed by atoms with E-state index in [2.05, 4.69) is 45.0 Å². The Morgan fingerprint density at radius 1 is 0.742 bits per heavy atom. The minimum atomic E-state index is 0.0598. The minimum Gasteiger partial charge on any atom is -0.340 e. The van der Waals surface area contributed by atoms with E-state index in [1.54, 1.807) is 4.90 Å². The first-order valence-electron chi connectivity index (χ1n) is 12.2. The van der Waals surface area contributed by atoms with Crippen LogP contribution in [0.2, 0.25) is 0 Å². The highest BCUT2D eigenvalue weighted by atomic mass is 16.2. The molecule has 0 unspecified atom stereocenters. The molecule has 7 heteroatoms. The molecule has 0 radical (unpaired) electrons. The topological polar surface area (TPSA) is 77.6 Å². The van der Waals surface area contributed by atoms with E-state index in [4.69, 9.17) is 10.5 Å². The van der Waals surface area contributed by atoms with Crippen LogP contribution in [0.15, 0.2) is 0 Å². The monoisotopic (exact) mass is 428 g/mol. The quantitative estimate of drug-likeness (QED) is 0.629. The van der Waals surface area contributed by atoms with Crippen LogP contribution in [0, 0.1) is 46.6 Å². The first kappa shape index (κ1) is 23.7. The molecule has 0 aliphatic carbocycles. The summed E-state index contributed by atoms with van der Waals surface area (Å²) in [5, 5.41) is 17.8. The Morgan fingerprint density at radius 2 is 1.32 bits per heavy atom. The van der Waals surface area contributed by atoms with Gasteiger partial charge in [-0.25, -0.2) is 0 Å². The van der Waals surface area contributed by atoms with Gasteiger partial charge < -0.3 is 19.6 Å². The van der Waals surface area contributed by atoms with Gasteiger partial charge in [0.05, 0.1) is 5.92 Å². The van der Waals surface area contributed by atoms with E-state index in [-0.39, 0.29) is 17.9 Å². The molecule has 4 rings (SSSR count). The van der Waals surface area contributed by atoms with Crippen molar-refractivity contribution in [3.63, 3.8) is 0 Å². The predicted molar refractivity (Wildman–Crippen MR) is 120 cm³/mol. The van der Waals surface area contributed by atoms with Gasteiger partial charge in [0.1, 0.15) is 0 Å². The minimum absolute atomic E-state index is 0.0598. The van der Waals surface area contributed by atoms with Crippen molar-refractivity contribution in [2.45, 2.75) is 65.5 Å². The van der Waals surface area contributed by atoms with Crippen LogP contribution in [0.4, 0.5) is 0 Å². The SMILES string of the molecule is CC(C)N1CC[C@@H]2CCN(C#N)C[C@@H]2C1=O.CC(C)N1CC[C@H]2CCN(C#N)C[C@H]2C1. The van der Waals surface area contributed by atoms with E-state index >= 15 is 0 Å². The van der Waals surface area contributed by atoms with Crippen molar-refractivity contribution in [2.24, 2.45) is 23.7 Å². The summed E-state index contributed by atoms with van der Waals surface area (Å²) in [4.78, 5) is 20.4. The molecule has 31 heavy (non-hydrogen) atoms. The number of hydrogen-bond acceptors (Lipinski definition) is 6. The smallest absolute Gasteiger partial charge is 0.228 e. The Hall–Kier alpha value is -1.99. The lowest BCUT2D eigenvalue weighted by Crippen LogP contribution is -2.54. The summed E-state index contributed by atoms with van der Waals surface area (Å²) in [7, 11) is 0. The van der Waals surface area contributed by atoms with Crippen LogP contribution in [0.5, 0.6) is 0 Å². The lowest BCUT2D eigenvalue weighted by molar-refractivity contribution is -0.145. The van der Waals surface area contributed by atoms with Crippen LogP contribution in [-0.2, 0) is 4.79 Å². The molecule has 7 nitrogen and oxygen atoms in total. The maximum Gasteiger partial charge on any atom is 0.228 e. The van der Waals surface area contributed by atoms with E-state index in [0.29, 0.717) is 18.5 Å². The van der Waals surface area contributed by atoms with Gasteiger partial charge in [0.2, 0.25) is 5.91 Å². The van der Waals surface area contributed by atoms with Crippen LogP contribution in [-0.4, -0.2) is 83.4 Å². The van der Waals surface area contributed by atoms with Crippen molar-refractivity contribution in [1.29, 1.82) is 10.5 Å². The van der Waals surface area contributed by atoms with Crippen LogP contribution in [0.25, 0.3) is 0 Å². The molecule has 0 spiro atoms. The predicted octanol–water partition coefficient (Wildman–Crippen LogP) is 2.57. The number of rotatable bonds is 2. The fourth-order valence-corrected chi connectivity index (χ4v) is 5.81. The highest BCUT2D eigenvalue weighted by molar-refractivity contribution is 5.80. The molecule has 4 aliphatic heterocycles. The van der Waals surface area contributed by atoms with Crippen LogP contribution >= 0.6 is 0 Å². The van der Waals surface area contributed by atoms with Crippen LogP contribution < -0.4 is 0 Å². The molecule has 0 aromatic heterocycles. The van der Waals surface area contributed by atoms with Gasteiger partial charge in [-0.3, -0.25) is 4.79 Å². The molecule has 4 atom stereocenters. The molecular weight excluding hydrogens is 388 g/mol. The second-order valence-corrected chi connectivity index (χ2v) is 10.3. The number of amides is 1. The number of carbonyl (C=O) groups is 1. The fourth-order valence-electron chi connectivity index (χ4n) is 5.81. The lowest BCUT2D eigenvalue weighted by atomic mass is 9.79. The molecule has 0 aromatic rings. The Balaban J connectivity index is 0.000000176. The Labute approximate surface area is 188 Å². The Morgan fingerprint density at radius 3 is 1.94 bits per heavy atom. The molecule has 172 valence electrons. The molecule has 0 bridgehead atoms. The van der Waals surface area contributed by atoms with E-state index in [1.165, 1.54) is 25.9 Å². The van der Waals surface area contributed by atoms with Crippen LogP contribution in [0.1, 0.15) is 53.4 Å². The molecule has 4 aliphatic rings. The van der Waals surface area contributed by atoms with Gasteiger partial charge in [0, 0.05) is 51.4 Å². The van der Waals surface area contributed by atoms with Gasteiger partial charge in [-0.1, -0.05) is 0 Å². The number of fused-ring (bicyclic) bond motifs is 2. The zero-order valence-electron chi connectivity index (χ0n) is 19.8. The molecular formula is C24H40N6O. The fraction of sp³-hybridized carbons (Fsp3) is 0.875. The maximum atomic E-state index is 12.3. The average molecular weight is 429 g/mol. The molecule has 4 fully saturated rings. The van der Waals surface area contributed by atoms with Crippen molar-refractivity contribution in [3.8, 4) is 12.4 Å². The van der Waals surface area contributed by atoms with E-state index in [1.807, 2.05) is 9.80 Å². The van der Waals surface area contributed by atoms with Gasteiger partial charge in [0.25, 0.3) is 0 Å². The first-order valence-corrected chi connectivity index (χ1v) is 12.2. The normalized spacial score (nSPS) is 31.4. The number of likely N-dealkylation sites (tertiary alicyclic amines) is 4. The third kappa shape index (κ3) is 5.63. The van der Waals surface area contributed by atoms with E-state index in [9.17, 15) is 4.79 Å². The van der Waals surface area contributed by atoms with Crippen molar-refractivity contribution in [1.82, 2.24) is 19.6 Å². The van der Waals surface area contributed by atoms with E-state index in [0.717, 1.165) is 50.9 Å². The third-order valence-electron chi connectivity index (χ3n) is 7.88. The van der Waals surface area contributed by atoms with Gasteiger partial charge in [-0.2, -0.15) is 10.5 Å². The second kappa shape index (κ2) is 10.6. The second-order valence-electron chi connectivity index (χ2n) is 10.3. The molecule has 4 saturated heterocycles. The Bertz CT molecular complexity index is 695. The number of carbonyl (C=O) groups excluding carboxylic acids is 1. The van der Waals surface area contributed by atoms with Gasteiger partial charge in [-0.05, 0) is 77.7 Å². The average Bonchev–Trinajstić information content (AvgIpc) is 2.78. The number of nitriles is 2. The lowest BCUT2D eigenvalue weighted by Gasteiger charge is -2.44. The summed E-state index contributed by atoms with van der Waals surface area (Å²) < 4.78 is 0. The summed E-state index contributed by atoms with van der Waals surface area (Å²) in [6, 6.07) is 0.939. The number of nitrogens with zero attached hydrogens (tertiary/aromatic N) is 6. The molecule has 1 amide bonds. The van der Waals surface area contributed by atoms with Gasteiger partial charge in [-0.15, -0.1) is 0 Å². The molecule has 0 saturated carbocycles. The standard InChI is InChI=1S/C12H19N3O.C12H21N3/c1-9(2)15-6-4-10-3-5-14(8-13)7-11(10)12(15)16;1-10(2)15-6-4-11-3-5-14(9-13)7-12(11)8-15/h9-11H,3-7H2,1-2H3;10-12H,3-8H2,1-2H3/t10-,11-;11-,12+/m01/s1. The zero-order chi connectivity index (χ0) is 22.5. The highest BCUT2D eigenvalue weighted by Crippen LogP contribution is 2.33. The third-order valence-corrected chi connectivity index (χ3v) is 7.88. The van der Waals surface area contributed by atoms with Crippen molar-refractivity contribution >= 4 is 5.91 Å². The van der Waals surface area contributed by atoms with Gasteiger partial charge >= 0.3 is 0 Å². The summed E-state index contributed by atoms with van der Waals surface area (Å²) in [5.74, 6) is 2.43. The maximum absolute atomic E-state index is 12.3. The number of piperidine rings is 4.